The van der Waals surface area contributed by atoms with Gasteiger partial charge in [0.1, 0.15) is 12.1 Å². The van der Waals surface area contributed by atoms with Gasteiger partial charge in [0.2, 0.25) is 17.7 Å². The number of fused-ring (bicyclic) bond motifs is 1. The maximum absolute atomic E-state index is 12.7. The topological polar surface area (TPSA) is 187 Å². The number of aliphatic hydroxyl groups is 1. The second-order valence-electron chi connectivity index (χ2n) is 7.85. The van der Waals surface area contributed by atoms with Gasteiger partial charge in [-0.1, -0.05) is 18.2 Å². The lowest BCUT2D eigenvalue weighted by Crippen LogP contribution is -2.57. The van der Waals surface area contributed by atoms with E-state index in [1.165, 1.54) is 18.7 Å². The molecule has 1 heterocycles. The van der Waals surface area contributed by atoms with Crippen LogP contribution in [0.15, 0.2) is 30.5 Å². The van der Waals surface area contributed by atoms with Crippen LogP contribution >= 0.6 is 11.8 Å². The first-order valence-electron chi connectivity index (χ1n) is 10.7. The number of carbonyl (C=O) groups is 4. The Balaban J connectivity index is 1.98. The monoisotopic (exact) mass is 493 g/mol. The minimum atomic E-state index is -1.42. The summed E-state index contributed by atoms with van der Waals surface area (Å²) in [6, 6.07) is 3.87. The van der Waals surface area contributed by atoms with Crippen molar-refractivity contribution in [2.45, 2.75) is 44.0 Å². The number of thioether (sulfide) groups is 1. The summed E-state index contributed by atoms with van der Waals surface area (Å²) in [7, 11) is 0. The number of hydrogen-bond donors (Lipinski definition) is 7. The Morgan fingerprint density at radius 2 is 1.85 bits per heavy atom. The van der Waals surface area contributed by atoms with Gasteiger partial charge in [-0.15, -0.1) is 0 Å². The van der Waals surface area contributed by atoms with E-state index in [1.807, 2.05) is 30.5 Å². The van der Waals surface area contributed by atoms with E-state index in [-0.39, 0.29) is 6.42 Å². The van der Waals surface area contributed by atoms with Crippen LogP contribution in [-0.2, 0) is 25.6 Å². The molecule has 3 amide bonds. The molecule has 0 aliphatic carbocycles. The minimum absolute atomic E-state index is 0.00441. The van der Waals surface area contributed by atoms with Crippen molar-refractivity contribution >= 4 is 46.4 Å². The van der Waals surface area contributed by atoms with Gasteiger partial charge in [0, 0.05) is 23.5 Å². The van der Waals surface area contributed by atoms with E-state index in [4.69, 9.17) is 5.73 Å². The van der Waals surface area contributed by atoms with Gasteiger partial charge in [-0.25, -0.2) is 4.79 Å². The molecule has 4 unspecified atom stereocenters. The number of aromatic nitrogens is 1. The largest absolute Gasteiger partial charge is 0.480 e. The number of aromatic amines is 1. The summed E-state index contributed by atoms with van der Waals surface area (Å²) in [5.74, 6) is -2.67. The normalized spacial score (nSPS) is 14.6. The number of amides is 3. The molecule has 4 atom stereocenters. The van der Waals surface area contributed by atoms with Crippen molar-refractivity contribution in [3.63, 3.8) is 0 Å². The van der Waals surface area contributed by atoms with Crippen LogP contribution in [0.2, 0.25) is 0 Å². The molecule has 0 saturated carbocycles. The Bertz CT molecular complexity index is 1010. The number of nitrogens with two attached hydrogens (primary N) is 1. The molecule has 0 spiro atoms. The van der Waals surface area contributed by atoms with Crippen molar-refractivity contribution in [3.8, 4) is 0 Å². The predicted molar refractivity (Wildman–Crippen MR) is 129 cm³/mol. The highest BCUT2D eigenvalue weighted by atomic mass is 32.2. The summed E-state index contributed by atoms with van der Waals surface area (Å²) >= 11 is 1.54. The fraction of sp³-hybridized carbons (Fsp3) is 0.455. The Morgan fingerprint density at radius 3 is 2.50 bits per heavy atom. The molecular formula is C22H31N5O6S. The number of carboxylic acid groups (broad SMARTS) is 1. The molecule has 1 aromatic heterocycles. The van der Waals surface area contributed by atoms with Crippen LogP contribution in [0, 0.1) is 0 Å². The van der Waals surface area contributed by atoms with Gasteiger partial charge in [0.05, 0.1) is 18.7 Å². The molecule has 34 heavy (non-hydrogen) atoms. The lowest BCUT2D eigenvalue weighted by Gasteiger charge is -2.23. The molecule has 8 N–H and O–H groups in total. The van der Waals surface area contributed by atoms with E-state index < -0.39 is 54.5 Å². The van der Waals surface area contributed by atoms with Crippen LogP contribution in [0.25, 0.3) is 10.9 Å². The molecule has 0 aliphatic heterocycles. The number of nitrogens with one attached hydrogen (secondary N) is 4. The number of carboxylic acids is 1. The lowest BCUT2D eigenvalue weighted by molar-refractivity contribution is -0.142. The third kappa shape index (κ3) is 7.75. The van der Waals surface area contributed by atoms with Crippen LogP contribution in [0.3, 0.4) is 0 Å². The third-order valence-electron chi connectivity index (χ3n) is 5.19. The average Bonchev–Trinajstić information content (AvgIpc) is 3.21. The number of rotatable bonds is 13. The highest BCUT2D eigenvalue weighted by Gasteiger charge is 2.30. The lowest BCUT2D eigenvalue weighted by atomic mass is 10.0. The van der Waals surface area contributed by atoms with Crippen LogP contribution in [0.4, 0.5) is 0 Å². The second kappa shape index (κ2) is 13.0. The fourth-order valence-corrected chi connectivity index (χ4v) is 3.78. The van der Waals surface area contributed by atoms with Crippen LogP contribution < -0.4 is 21.7 Å². The average molecular weight is 494 g/mol. The molecule has 12 heteroatoms. The zero-order valence-electron chi connectivity index (χ0n) is 19.0. The maximum Gasteiger partial charge on any atom is 0.326 e. The van der Waals surface area contributed by atoms with E-state index >= 15 is 0 Å². The molecule has 2 rings (SSSR count). The minimum Gasteiger partial charge on any atom is -0.480 e. The van der Waals surface area contributed by atoms with Gasteiger partial charge in [-0.2, -0.15) is 11.8 Å². The zero-order chi connectivity index (χ0) is 25.3. The Morgan fingerprint density at radius 1 is 1.15 bits per heavy atom. The van der Waals surface area contributed by atoms with Gasteiger partial charge >= 0.3 is 5.97 Å². The van der Waals surface area contributed by atoms with Crippen molar-refractivity contribution in [2.24, 2.45) is 5.73 Å². The second-order valence-corrected chi connectivity index (χ2v) is 8.84. The van der Waals surface area contributed by atoms with E-state index in [2.05, 4.69) is 20.9 Å². The smallest absolute Gasteiger partial charge is 0.326 e. The number of carbonyl (C=O) groups excluding carboxylic acids is 3. The van der Waals surface area contributed by atoms with Crippen molar-refractivity contribution in [1.29, 1.82) is 0 Å². The summed E-state index contributed by atoms with van der Waals surface area (Å²) in [6.07, 6.45) is 2.68. The molecule has 0 saturated heterocycles. The summed E-state index contributed by atoms with van der Waals surface area (Å²) in [5.41, 5.74) is 7.27. The molecular weight excluding hydrogens is 462 g/mol. The Labute approximate surface area is 201 Å². The summed E-state index contributed by atoms with van der Waals surface area (Å²) in [4.78, 5) is 51.8. The molecule has 0 bridgehead atoms. The molecule has 1 aromatic carbocycles. The first-order valence-corrected chi connectivity index (χ1v) is 12.1. The van der Waals surface area contributed by atoms with Crippen LogP contribution in [0.5, 0.6) is 0 Å². The molecule has 0 aliphatic rings. The van der Waals surface area contributed by atoms with Crippen LogP contribution in [-0.4, -0.2) is 81.7 Å². The summed E-state index contributed by atoms with van der Waals surface area (Å²) in [5, 5.41) is 27.5. The first-order chi connectivity index (χ1) is 16.1. The van der Waals surface area contributed by atoms with Crippen molar-refractivity contribution in [2.75, 3.05) is 18.6 Å². The van der Waals surface area contributed by atoms with Gasteiger partial charge < -0.3 is 36.9 Å². The standard InChI is InChI=1S/C22H31N5O6S/c1-12(28)19(27-18(29)11-25-20(30)15(23)7-8-34-2)21(31)26-17(22(32)33)9-13-10-24-16-6-4-3-5-14(13)16/h3-6,10,12,15,17,19,24,28H,7-9,11,23H2,1-2H3,(H,25,30)(H,26,31)(H,27,29)(H,32,33). The van der Waals surface area contributed by atoms with Crippen molar-refractivity contribution in [3.05, 3.63) is 36.0 Å². The fourth-order valence-electron chi connectivity index (χ4n) is 3.29. The highest BCUT2D eigenvalue weighted by Crippen LogP contribution is 2.19. The number of benzene rings is 1. The maximum atomic E-state index is 12.7. The van der Waals surface area contributed by atoms with Crippen molar-refractivity contribution in [1.82, 2.24) is 20.9 Å². The molecule has 0 fully saturated rings. The van der Waals surface area contributed by atoms with Gasteiger partial charge in [-0.3, -0.25) is 14.4 Å². The molecule has 0 radical (unpaired) electrons. The SMILES string of the molecule is CSCCC(N)C(=O)NCC(=O)NC(C(=O)NC(Cc1c[nH]c2ccccc12)C(=O)O)C(C)O. The molecule has 2 aromatic rings. The van der Waals surface area contributed by atoms with Gasteiger partial charge in [-0.05, 0) is 37.0 Å². The zero-order valence-corrected chi connectivity index (χ0v) is 19.9. The number of aliphatic hydroxyl groups excluding tert-OH is 1. The number of aliphatic carboxylic acids is 1. The summed E-state index contributed by atoms with van der Waals surface area (Å²) in [6.45, 7) is 0.844. The van der Waals surface area contributed by atoms with E-state index in [0.717, 1.165) is 10.9 Å². The summed E-state index contributed by atoms with van der Waals surface area (Å²) < 4.78 is 0. The Hall–Kier alpha value is -3.09. The van der Waals surface area contributed by atoms with Gasteiger partial charge in [0.25, 0.3) is 0 Å². The van der Waals surface area contributed by atoms with Crippen molar-refractivity contribution < 1.29 is 29.4 Å². The van der Waals surface area contributed by atoms with E-state index in [0.29, 0.717) is 17.7 Å². The Kier molecular flexibility index (Phi) is 10.4. The highest BCUT2D eigenvalue weighted by molar-refractivity contribution is 7.98. The van der Waals surface area contributed by atoms with Gasteiger partial charge in [0.15, 0.2) is 0 Å². The number of hydrogen-bond acceptors (Lipinski definition) is 7. The third-order valence-corrected chi connectivity index (χ3v) is 5.83. The number of H-pyrrole nitrogens is 1. The van der Waals surface area contributed by atoms with Crippen LogP contribution in [0.1, 0.15) is 18.9 Å². The van der Waals surface area contributed by atoms with E-state index in [9.17, 15) is 29.4 Å². The first kappa shape index (κ1) is 27.2. The molecule has 186 valence electrons. The predicted octanol–water partition coefficient (Wildman–Crippen LogP) is -0.658. The molecule has 11 nitrogen and oxygen atoms in total. The number of para-hydroxylation sites is 1. The van der Waals surface area contributed by atoms with E-state index in [1.54, 1.807) is 6.20 Å². The quantitative estimate of drug-likeness (QED) is 0.192.